The van der Waals surface area contributed by atoms with E-state index in [-0.39, 0.29) is 5.91 Å². The summed E-state index contributed by atoms with van der Waals surface area (Å²) in [4.78, 5) is 25.9. The summed E-state index contributed by atoms with van der Waals surface area (Å²) >= 11 is 0. The molecule has 4 heterocycles. The highest BCUT2D eigenvalue weighted by Gasteiger charge is 2.28. The molecule has 2 aromatic rings. The van der Waals surface area contributed by atoms with Gasteiger partial charge in [0.05, 0.1) is 5.69 Å². The molecular weight excluding hydrogens is 316 g/mol. The van der Waals surface area contributed by atoms with Crippen molar-refractivity contribution in [2.24, 2.45) is 0 Å². The third-order valence-electron chi connectivity index (χ3n) is 5.10. The van der Waals surface area contributed by atoms with Gasteiger partial charge in [-0.25, -0.2) is 9.97 Å². The standard InChI is InChI=1S/C18H24N6O/c1-13-11-16(22-21-13)14-5-4-10-24(12-14)17(25)15-6-7-19-18(20-15)23-8-2-3-9-23/h6-7,11,14H,2-5,8-10,12H2,1H3,(H,21,22)/t14-/m0/s1. The number of hydrogen-bond donors (Lipinski definition) is 1. The van der Waals surface area contributed by atoms with E-state index in [1.807, 2.05) is 11.8 Å². The first-order valence-electron chi connectivity index (χ1n) is 9.10. The van der Waals surface area contributed by atoms with Crippen LogP contribution in [0.3, 0.4) is 0 Å². The van der Waals surface area contributed by atoms with E-state index >= 15 is 0 Å². The molecule has 0 spiro atoms. The lowest BCUT2D eigenvalue weighted by atomic mass is 9.94. The maximum Gasteiger partial charge on any atom is 0.272 e. The Bertz CT molecular complexity index is 752. The zero-order chi connectivity index (χ0) is 17.2. The number of likely N-dealkylation sites (tertiary alicyclic amines) is 1. The van der Waals surface area contributed by atoms with Crippen molar-refractivity contribution in [1.82, 2.24) is 25.1 Å². The summed E-state index contributed by atoms with van der Waals surface area (Å²) in [6.07, 6.45) is 6.09. The Labute approximate surface area is 147 Å². The molecule has 0 bridgehead atoms. The molecule has 2 fully saturated rings. The maximum atomic E-state index is 12.9. The SMILES string of the molecule is Cc1cc([C@H]2CCCN(C(=O)c3ccnc(N4CCCC4)n3)C2)n[nH]1. The van der Waals surface area contributed by atoms with E-state index in [4.69, 9.17) is 0 Å². The molecule has 1 N–H and O–H groups in total. The molecule has 2 aliphatic rings. The van der Waals surface area contributed by atoms with Crippen LogP contribution >= 0.6 is 0 Å². The van der Waals surface area contributed by atoms with Crippen LogP contribution in [0.1, 0.15) is 53.5 Å². The molecule has 1 amide bonds. The lowest BCUT2D eigenvalue weighted by Gasteiger charge is -2.31. The van der Waals surface area contributed by atoms with E-state index in [1.165, 1.54) is 12.8 Å². The van der Waals surface area contributed by atoms with Crippen LogP contribution in [-0.4, -0.2) is 57.2 Å². The van der Waals surface area contributed by atoms with Crippen LogP contribution in [-0.2, 0) is 0 Å². The molecule has 0 saturated carbocycles. The molecule has 2 aliphatic heterocycles. The summed E-state index contributed by atoms with van der Waals surface area (Å²) in [5.74, 6) is 0.974. The molecule has 0 radical (unpaired) electrons. The van der Waals surface area contributed by atoms with Crippen molar-refractivity contribution in [3.05, 3.63) is 35.4 Å². The molecule has 0 aromatic carbocycles. The van der Waals surface area contributed by atoms with Crippen LogP contribution in [0.25, 0.3) is 0 Å². The molecular formula is C18H24N6O. The first kappa shape index (κ1) is 16.1. The molecule has 2 saturated heterocycles. The fourth-order valence-electron chi connectivity index (χ4n) is 3.75. The number of carbonyl (C=O) groups is 1. The van der Waals surface area contributed by atoms with Crippen LogP contribution < -0.4 is 4.90 Å². The number of anilines is 1. The summed E-state index contributed by atoms with van der Waals surface area (Å²) in [7, 11) is 0. The molecule has 7 heteroatoms. The molecule has 0 aliphatic carbocycles. The first-order valence-corrected chi connectivity index (χ1v) is 9.10. The minimum atomic E-state index is -0.000181. The zero-order valence-electron chi connectivity index (χ0n) is 14.6. The smallest absolute Gasteiger partial charge is 0.272 e. The number of nitrogens with one attached hydrogen (secondary N) is 1. The van der Waals surface area contributed by atoms with Crippen molar-refractivity contribution >= 4 is 11.9 Å². The Morgan fingerprint density at radius 2 is 2.08 bits per heavy atom. The van der Waals surface area contributed by atoms with Gasteiger partial charge in [-0.15, -0.1) is 0 Å². The first-order chi connectivity index (χ1) is 12.2. The summed E-state index contributed by atoms with van der Waals surface area (Å²) < 4.78 is 0. The van der Waals surface area contributed by atoms with Gasteiger partial charge in [-0.3, -0.25) is 9.89 Å². The largest absolute Gasteiger partial charge is 0.341 e. The second-order valence-corrected chi connectivity index (χ2v) is 7.00. The summed E-state index contributed by atoms with van der Waals surface area (Å²) in [6.45, 7) is 5.43. The van der Waals surface area contributed by atoms with E-state index < -0.39 is 0 Å². The van der Waals surface area contributed by atoms with Gasteiger partial charge in [0.25, 0.3) is 5.91 Å². The lowest BCUT2D eigenvalue weighted by Crippen LogP contribution is -2.39. The van der Waals surface area contributed by atoms with Crippen molar-refractivity contribution in [2.75, 3.05) is 31.1 Å². The number of aromatic nitrogens is 4. The van der Waals surface area contributed by atoms with Crippen LogP contribution in [0.15, 0.2) is 18.3 Å². The topological polar surface area (TPSA) is 78.0 Å². The number of aromatic amines is 1. The molecule has 2 aromatic heterocycles. The lowest BCUT2D eigenvalue weighted by molar-refractivity contribution is 0.0700. The highest BCUT2D eigenvalue weighted by molar-refractivity contribution is 5.92. The Balaban J connectivity index is 1.49. The predicted octanol–water partition coefficient (Wildman–Crippen LogP) is 2.13. The van der Waals surface area contributed by atoms with Gasteiger partial charge in [-0.2, -0.15) is 5.10 Å². The van der Waals surface area contributed by atoms with Crippen LogP contribution in [0.2, 0.25) is 0 Å². The van der Waals surface area contributed by atoms with Crippen molar-refractivity contribution in [2.45, 2.75) is 38.5 Å². The number of carbonyl (C=O) groups excluding carboxylic acids is 1. The Hall–Kier alpha value is -2.44. The highest BCUT2D eigenvalue weighted by Crippen LogP contribution is 2.27. The summed E-state index contributed by atoms with van der Waals surface area (Å²) in [5, 5.41) is 7.38. The zero-order valence-corrected chi connectivity index (χ0v) is 14.6. The van der Waals surface area contributed by atoms with Crippen LogP contribution in [0.4, 0.5) is 5.95 Å². The molecule has 7 nitrogen and oxygen atoms in total. The van der Waals surface area contributed by atoms with Crippen LogP contribution in [0.5, 0.6) is 0 Å². The summed E-state index contributed by atoms with van der Waals surface area (Å²) in [5.41, 5.74) is 2.61. The van der Waals surface area contributed by atoms with E-state index in [2.05, 4.69) is 31.1 Å². The van der Waals surface area contributed by atoms with E-state index in [0.29, 0.717) is 24.1 Å². The second kappa shape index (κ2) is 6.82. The average Bonchev–Trinajstić information content (AvgIpc) is 3.33. The number of hydrogen-bond acceptors (Lipinski definition) is 5. The fraction of sp³-hybridized carbons (Fsp3) is 0.556. The Kier molecular flexibility index (Phi) is 4.38. The van der Waals surface area contributed by atoms with E-state index in [1.54, 1.807) is 12.3 Å². The number of rotatable bonds is 3. The van der Waals surface area contributed by atoms with Gasteiger partial charge in [0.15, 0.2) is 0 Å². The quantitative estimate of drug-likeness (QED) is 0.926. The number of aryl methyl sites for hydroxylation is 1. The van der Waals surface area contributed by atoms with Gasteiger partial charge < -0.3 is 9.80 Å². The maximum absolute atomic E-state index is 12.9. The predicted molar refractivity (Wildman–Crippen MR) is 94.7 cm³/mol. The molecule has 25 heavy (non-hydrogen) atoms. The second-order valence-electron chi connectivity index (χ2n) is 7.00. The van der Waals surface area contributed by atoms with Gasteiger partial charge in [-0.05, 0) is 44.7 Å². The number of H-pyrrole nitrogens is 1. The number of nitrogens with zero attached hydrogens (tertiary/aromatic N) is 5. The van der Waals surface area contributed by atoms with Crippen LogP contribution in [0, 0.1) is 6.92 Å². The highest BCUT2D eigenvalue weighted by atomic mass is 16.2. The van der Waals surface area contributed by atoms with Crippen molar-refractivity contribution in [3.63, 3.8) is 0 Å². The minimum Gasteiger partial charge on any atom is -0.341 e. The van der Waals surface area contributed by atoms with Gasteiger partial charge in [0.1, 0.15) is 5.69 Å². The van der Waals surface area contributed by atoms with Crippen molar-refractivity contribution in [1.29, 1.82) is 0 Å². The molecule has 0 unspecified atom stereocenters. The van der Waals surface area contributed by atoms with Gasteiger partial charge in [0.2, 0.25) is 5.95 Å². The normalized spacial score (nSPS) is 20.9. The van der Waals surface area contributed by atoms with Crippen molar-refractivity contribution < 1.29 is 4.79 Å². The Morgan fingerprint density at radius 1 is 1.24 bits per heavy atom. The monoisotopic (exact) mass is 340 g/mol. The van der Waals surface area contributed by atoms with Crippen molar-refractivity contribution in [3.8, 4) is 0 Å². The molecule has 4 rings (SSSR count). The number of piperidine rings is 1. The van der Waals surface area contributed by atoms with Gasteiger partial charge in [-0.1, -0.05) is 0 Å². The van der Waals surface area contributed by atoms with Gasteiger partial charge >= 0.3 is 0 Å². The Morgan fingerprint density at radius 3 is 2.84 bits per heavy atom. The van der Waals surface area contributed by atoms with E-state index in [0.717, 1.165) is 43.9 Å². The van der Waals surface area contributed by atoms with Gasteiger partial charge in [0, 0.05) is 44.0 Å². The number of amides is 1. The average molecular weight is 340 g/mol. The molecule has 132 valence electrons. The summed E-state index contributed by atoms with van der Waals surface area (Å²) in [6, 6.07) is 3.80. The minimum absolute atomic E-state index is 0.000181. The molecule has 1 atom stereocenters. The third kappa shape index (κ3) is 3.36. The van der Waals surface area contributed by atoms with E-state index in [9.17, 15) is 4.79 Å². The fourth-order valence-corrected chi connectivity index (χ4v) is 3.75. The third-order valence-corrected chi connectivity index (χ3v) is 5.10.